The molecule has 11 heavy (non-hydrogen) atoms. The normalized spacial score (nSPS) is 10.5. The van der Waals surface area contributed by atoms with Crippen molar-refractivity contribution in [3.63, 3.8) is 0 Å². The molecule has 0 bridgehead atoms. The van der Waals surface area contributed by atoms with E-state index >= 15 is 0 Å². The summed E-state index contributed by atoms with van der Waals surface area (Å²) in [7, 11) is 0. The second-order valence-corrected chi connectivity index (χ2v) is 2.85. The Bertz CT molecular complexity index is 253. The van der Waals surface area contributed by atoms with E-state index in [2.05, 4.69) is 4.98 Å². The highest BCUT2D eigenvalue weighted by Gasteiger charge is 1.90. The average Bonchev–Trinajstić information content (AvgIpc) is 2.39. The van der Waals surface area contributed by atoms with E-state index in [0.717, 1.165) is 11.1 Å². The van der Waals surface area contributed by atoms with Gasteiger partial charge in [-0.25, -0.2) is 9.78 Å². The maximum absolute atomic E-state index is 10.0. The molecule has 58 valence electrons. The Kier molecular flexibility index (Phi) is 2.80. The number of rotatable bonds is 3. The first-order chi connectivity index (χ1) is 5.29. The summed E-state index contributed by atoms with van der Waals surface area (Å²) >= 11 is 1.52. The number of hydrogen-bond donors (Lipinski definition) is 1. The number of carbonyl (C=O) groups is 1. The Balaban J connectivity index is 2.40. The van der Waals surface area contributed by atoms with Crippen LogP contribution in [0.3, 0.4) is 0 Å². The fourth-order valence-electron chi connectivity index (χ4n) is 0.614. The quantitative estimate of drug-likeness (QED) is 0.694. The lowest BCUT2D eigenvalue weighted by atomic mass is 10.4. The van der Waals surface area contributed by atoms with Gasteiger partial charge in [0.25, 0.3) is 0 Å². The zero-order valence-corrected chi connectivity index (χ0v) is 6.54. The third-order valence-corrected chi connectivity index (χ3v) is 1.84. The van der Waals surface area contributed by atoms with Crippen molar-refractivity contribution in [1.82, 2.24) is 4.98 Å². The van der Waals surface area contributed by atoms with Gasteiger partial charge >= 0.3 is 5.97 Å². The lowest BCUT2D eigenvalue weighted by Gasteiger charge is -1.83. The summed E-state index contributed by atoms with van der Waals surface area (Å²) in [6.07, 6.45) is 5.02. The fraction of sp³-hybridized carbons (Fsp3) is 0.143. The largest absolute Gasteiger partial charge is 0.478 e. The van der Waals surface area contributed by atoms with E-state index in [1.807, 2.05) is 5.38 Å². The molecule has 1 N–H and O–H groups in total. The van der Waals surface area contributed by atoms with Crippen LogP contribution in [0.4, 0.5) is 0 Å². The van der Waals surface area contributed by atoms with Gasteiger partial charge in [-0.05, 0) is 0 Å². The van der Waals surface area contributed by atoms with Crippen LogP contribution in [0.1, 0.15) is 5.01 Å². The zero-order valence-electron chi connectivity index (χ0n) is 5.73. The fourth-order valence-corrected chi connectivity index (χ4v) is 1.21. The summed E-state index contributed by atoms with van der Waals surface area (Å²) in [6, 6.07) is 0. The van der Waals surface area contributed by atoms with Crippen LogP contribution in [0.15, 0.2) is 23.7 Å². The van der Waals surface area contributed by atoms with E-state index in [1.165, 1.54) is 11.3 Å². The summed E-state index contributed by atoms with van der Waals surface area (Å²) in [6.45, 7) is 0. The van der Waals surface area contributed by atoms with E-state index in [9.17, 15) is 4.79 Å². The Morgan fingerprint density at radius 2 is 2.64 bits per heavy atom. The van der Waals surface area contributed by atoms with Crippen LogP contribution in [0.5, 0.6) is 0 Å². The van der Waals surface area contributed by atoms with Crippen LogP contribution in [0.25, 0.3) is 0 Å². The molecule has 0 fully saturated rings. The maximum atomic E-state index is 10.0. The van der Waals surface area contributed by atoms with Gasteiger partial charge in [0.15, 0.2) is 0 Å². The smallest absolute Gasteiger partial charge is 0.327 e. The third-order valence-electron chi connectivity index (χ3n) is 1.04. The van der Waals surface area contributed by atoms with Gasteiger partial charge in [0, 0.05) is 24.1 Å². The lowest BCUT2D eigenvalue weighted by molar-refractivity contribution is -0.131. The minimum absolute atomic E-state index is 0.601. The zero-order chi connectivity index (χ0) is 8.10. The van der Waals surface area contributed by atoms with Crippen LogP contribution < -0.4 is 0 Å². The Labute approximate surface area is 68.0 Å². The minimum atomic E-state index is -0.915. The molecule has 0 atom stereocenters. The number of allylic oxidation sites excluding steroid dienone is 1. The molecule has 0 unspecified atom stereocenters. The number of aromatic nitrogens is 1. The molecular formula is C7H7NO2S. The Morgan fingerprint density at radius 3 is 3.18 bits per heavy atom. The number of aliphatic carboxylic acids is 1. The van der Waals surface area contributed by atoms with Crippen molar-refractivity contribution >= 4 is 17.3 Å². The first-order valence-electron chi connectivity index (χ1n) is 3.07. The standard InChI is InChI=1S/C7H7NO2S/c9-7(10)3-1-2-6-8-4-5-11-6/h1,3-5H,2H2,(H,9,10). The van der Waals surface area contributed by atoms with Gasteiger partial charge in [-0.15, -0.1) is 11.3 Å². The topological polar surface area (TPSA) is 50.2 Å². The van der Waals surface area contributed by atoms with Crippen molar-refractivity contribution in [2.75, 3.05) is 0 Å². The first-order valence-corrected chi connectivity index (χ1v) is 3.95. The second-order valence-electron chi connectivity index (χ2n) is 1.87. The highest BCUT2D eigenvalue weighted by Crippen LogP contribution is 2.04. The third kappa shape index (κ3) is 2.95. The van der Waals surface area contributed by atoms with Crippen molar-refractivity contribution in [3.05, 3.63) is 28.7 Å². The van der Waals surface area contributed by atoms with Gasteiger partial charge in [0.1, 0.15) is 0 Å². The van der Waals surface area contributed by atoms with E-state index in [4.69, 9.17) is 5.11 Å². The van der Waals surface area contributed by atoms with Crippen molar-refractivity contribution in [2.24, 2.45) is 0 Å². The molecule has 1 aromatic rings. The van der Waals surface area contributed by atoms with Crippen LogP contribution >= 0.6 is 11.3 Å². The van der Waals surface area contributed by atoms with Crippen molar-refractivity contribution in [3.8, 4) is 0 Å². The molecule has 0 amide bonds. The molecule has 0 aliphatic carbocycles. The van der Waals surface area contributed by atoms with Crippen molar-refractivity contribution in [1.29, 1.82) is 0 Å². The number of carboxylic acids is 1. The van der Waals surface area contributed by atoms with Crippen LogP contribution in [0.2, 0.25) is 0 Å². The number of thiazole rings is 1. The number of hydrogen-bond acceptors (Lipinski definition) is 3. The SMILES string of the molecule is O=C(O)C=CCc1nccs1. The molecular weight excluding hydrogens is 162 g/mol. The number of carboxylic acid groups (broad SMARTS) is 1. The molecule has 0 saturated carbocycles. The van der Waals surface area contributed by atoms with Gasteiger partial charge in [-0.2, -0.15) is 0 Å². The lowest BCUT2D eigenvalue weighted by Crippen LogP contribution is -1.86. The van der Waals surface area contributed by atoms with Crippen LogP contribution in [-0.4, -0.2) is 16.1 Å². The molecule has 4 heteroatoms. The van der Waals surface area contributed by atoms with Gasteiger partial charge in [0.05, 0.1) is 5.01 Å². The van der Waals surface area contributed by atoms with Gasteiger partial charge in [0.2, 0.25) is 0 Å². The second kappa shape index (κ2) is 3.88. The Morgan fingerprint density at radius 1 is 1.82 bits per heavy atom. The highest BCUT2D eigenvalue weighted by molar-refractivity contribution is 7.09. The summed E-state index contributed by atoms with van der Waals surface area (Å²) in [4.78, 5) is 14.0. The summed E-state index contributed by atoms with van der Waals surface area (Å²) in [5.74, 6) is -0.915. The molecule has 0 aliphatic heterocycles. The van der Waals surface area contributed by atoms with Gasteiger partial charge in [-0.1, -0.05) is 6.08 Å². The molecule has 0 aliphatic rings. The summed E-state index contributed by atoms with van der Waals surface area (Å²) in [5, 5.41) is 11.0. The monoisotopic (exact) mass is 169 g/mol. The molecule has 0 spiro atoms. The van der Waals surface area contributed by atoms with Crippen LogP contribution in [-0.2, 0) is 11.2 Å². The van der Waals surface area contributed by atoms with E-state index < -0.39 is 5.97 Å². The maximum Gasteiger partial charge on any atom is 0.327 e. The molecule has 0 aromatic carbocycles. The van der Waals surface area contributed by atoms with E-state index in [-0.39, 0.29) is 0 Å². The predicted molar refractivity (Wildman–Crippen MR) is 42.6 cm³/mol. The average molecular weight is 169 g/mol. The molecule has 0 radical (unpaired) electrons. The number of nitrogens with zero attached hydrogens (tertiary/aromatic N) is 1. The van der Waals surface area contributed by atoms with Gasteiger partial charge < -0.3 is 5.11 Å². The van der Waals surface area contributed by atoms with Crippen molar-refractivity contribution < 1.29 is 9.90 Å². The van der Waals surface area contributed by atoms with E-state index in [1.54, 1.807) is 12.3 Å². The summed E-state index contributed by atoms with van der Waals surface area (Å²) in [5.41, 5.74) is 0. The minimum Gasteiger partial charge on any atom is -0.478 e. The predicted octanol–water partition coefficient (Wildman–Crippen LogP) is 1.33. The van der Waals surface area contributed by atoms with Crippen LogP contribution in [0, 0.1) is 0 Å². The van der Waals surface area contributed by atoms with Crippen molar-refractivity contribution in [2.45, 2.75) is 6.42 Å². The van der Waals surface area contributed by atoms with E-state index in [0.29, 0.717) is 6.42 Å². The molecule has 0 saturated heterocycles. The molecule has 1 heterocycles. The van der Waals surface area contributed by atoms with Gasteiger partial charge in [-0.3, -0.25) is 0 Å². The Hall–Kier alpha value is -1.16. The first kappa shape index (κ1) is 7.94. The molecule has 1 aromatic heterocycles. The molecule has 1 rings (SSSR count). The highest BCUT2D eigenvalue weighted by atomic mass is 32.1. The molecule has 3 nitrogen and oxygen atoms in total. The summed E-state index contributed by atoms with van der Waals surface area (Å²) < 4.78 is 0.